The van der Waals surface area contributed by atoms with E-state index in [-0.39, 0.29) is 42.2 Å². The third-order valence-corrected chi connectivity index (χ3v) is 4.18. The first-order valence-corrected chi connectivity index (χ1v) is 10.1. The van der Waals surface area contributed by atoms with E-state index in [0.29, 0.717) is 12.8 Å². The number of nitrogens with zero attached hydrogens (tertiary/aromatic N) is 4. The van der Waals surface area contributed by atoms with Crippen molar-refractivity contribution in [1.82, 2.24) is 20.6 Å². The summed E-state index contributed by atoms with van der Waals surface area (Å²) in [6.07, 6.45) is 5.25. The second-order valence-corrected chi connectivity index (χ2v) is 7.37. The Morgan fingerprint density at radius 2 is 2.00 bits per heavy atom. The van der Waals surface area contributed by atoms with Gasteiger partial charge < -0.3 is 20.7 Å². The van der Waals surface area contributed by atoms with Gasteiger partial charge in [0.1, 0.15) is 23.4 Å². The van der Waals surface area contributed by atoms with Gasteiger partial charge >= 0.3 is 7.12 Å². The van der Waals surface area contributed by atoms with Crippen LogP contribution in [-0.4, -0.2) is 63.1 Å². The molecule has 3 amide bonds. The largest absolute Gasteiger partial charge is 0.503 e. The Morgan fingerprint density at radius 3 is 2.56 bits per heavy atom. The number of hydrogen-bond donors (Lipinski definition) is 4. The zero-order chi connectivity index (χ0) is 24.1. The van der Waals surface area contributed by atoms with Crippen LogP contribution in [0.4, 0.5) is 0 Å². The molecule has 0 aliphatic heterocycles. The predicted molar refractivity (Wildman–Crippen MR) is 117 cm³/mol. The van der Waals surface area contributed by atoms with Crippen molar-refractivity contribution in [2.45, 2.75) is 45.6 Å². The Bertz CT molecular complexity index is 882. The van der Waals surface area contributed by atoms with Gasteiger partial charge in [0, 0.05) is 18.9 Å². The average Bonchev–Trinajstić information content (AvgIpc) is 2.76. The van der Waals surface area contributed by atoms with E-state index in [1.807, 2.05) is 13.8 Å². The van der Waals surface area contributed by atoms with E-state index in [4.69, 9.17) is 5.26 Å². The monoisotopic (exact) mass is 442 g/mol. The quantitative estimate of drug-likeness (QED) is 0.115. The first kappa shape index (κ1) is 26.6. The fourth-order valence-electron chi connectivity index (χ4n) is 2.59. The standard InChI is InChI=1S/C20H27BN6O5/c1-13(2)10-17(21(31)32)27-19(29)15(26-20(30)16-12-23-8-9-24-16)6-4-5-7-25-18(28)14(3)11-22/h8-9,12-13,15,31-32H,3-7,10H2,1-2H3,(H,25,28)(H,26,30)/b27-17+/t15-/m0/s1. The van der Waals surface area contributed by atoms with E-state index in [1.54, 1.807) is 6.07 Å². The minimum absolute atomic E-state index is 0.0150. The lowest BCUT2D eigenvalue weighted by molar-refractivity contribution is -0.120. The van der Waals surface area contributed by atoms with Gasteiger partial charge in [0.15, 0.2) is 0 Å². The summed E-state index contributed by atoms with van der Waals surface area (Å²) >= 11 is 0. The van der Waals surface area contributed by atoms with Crippen LogP contribution in [-0.2, 0) is 9.59 Å². The molecule has 170 valence electrons. The number of hydrogen-bond acceptors (Lipinski definition) is 8. The first-order chi connectivity index (χ1) is 15.1. The van der Waals surface area contributed by atoms with E-state index in [1.165, 1.54) is 18.6 Å². The van der Waals surface area contributed by atoms with Gasteiger partial charge in [-0.1, -0.05) is 20.4 Å². The van der Waals surface area contributed by atoms with Gasteiger partial charge in [-0.3, -0.25) is 19.4 Å². The topological polar surface area (TPSA) is 178 Å². The molecule has 0 aliphatic carbocycles. The molecular weight excluding hydrogens is 415 g/mol. The molecule has 0 saturated carbocycles. The molecule has 0 aromatic carbocycles. The third-order valence-electron chi connectivity index (χ3n) is 4.18. The van der Waals surface area contributed by atoms with E-state index in [2.05, 4.69) is 32.2 Å². The molecular formula is C20H27BN6O5. The van der Waals surface area contributed by atoms with Crippen molar-refractivity contribution < 1.29 is 24.4 Å². The van der Waals surface area contributed by atoms with Crippen LogP contribution < -0.4 is 10.6 Å². The molecule has 32 heavy (non-hydrogen) atoms. The van der Waals surface area contributed by atoms with Crippen molar-refractivity contribution in [3.8, 4) is 6.07 Å². The van der Waals surface area contributed by atoms with Crippen molar-refractivity contribution in [1.29, 1.82) is 5.26 Å². The molecule has 0 spiro atoms. The fourth-order valence-corrected chi connectivity index (χ4v) is 2.59. The molecule has 1 heterocycles. The number of unbranched alkanes of at least 4 members (excludes halogenated alkanes) is 1. The molecule has 1 rings (SSSR count). The maximum absolute atomic E-state index is 12.7. The molecule has 11 nitrogen and oxygen atoms in total. The molecule has 12 heteroatoms. The molecule has 1 atom stereocenters. The lowest BCUT2D eigenvalue weighted by atomic mass is 9.78. The van der Waals surface area contributed by atoms with Crippen LogP contribution in [0.25, 0.3) is 0 Å². The van der Waals surface area contributed by atoms with Crippen molar-refractivity contribution in [3.63, 3.8) is 0 Å². The second-order valence-electron chi connectivity index (χ2n) is 7.37. The number of carbonyl (C=O) groups excluding carboxylic acids is 3. The molecule has 1 aromatic heterocycles. The summed E-state index contributed by atoms with van der Waals surface area (Å²) < 4.78 is 0. The zero-order valence-electron chi connectivity index (χ0n) is 18.1. The predicted octanol–water partition coefficient (Wildman–Crippen LogP) is -0.0330. The molecule has 4 N–H and O–H groups in total. The molecule has 0 radical (unpaired) electrons. The van der Waals surface area contributed by atoms with Crippen LogP contribution in [0.1, 0.15) is 50.0 Å². The van der Waals surface area contributed by atoms with Gasteiger partial charge in [-0.2, -0.15) is 5.26 Å². The summed E-state index contributed by atoms with van der Waals surface area (Å²) in [4.78, 5) is 48.2. The maximum atomic E-state index is 12.7. The van der Waals surface area contributed by atoms with Crippen LogP contribution in [0.15, 0.2) is 35.7 Å². The summed E-state index contributed by atoms with van der Waals surface area (Å²) in [5.74, 6) is -1.90. The van der Waals surface area contributed by atoms with Gasteiger partial charge in [0.05, 0.1) is 11.8 Å². The average molecular weight is 442 g/mol. The van der Waals surface area contributed by atoms with Gasteiger partial charge in [0.2, 0.25) is 0 Å². The fraction of sp³-hybridized carbons (Fsp3) is 0.450. The highest BCUT2D eigenvalue weighted by Gasteiger charge is 2.25. The van der Waals surface area contributed by atoms with Crippen molar-refractivity contribution in [3.05, 3.63) is 36.4 Å². The Balaban J connectivity index is 2.85. The van der Waals surface area contributed by atoms with Gasteiger partial charge in [0.25, 0.3) is 17.7 Å². The van der Waals surface area contributed by atoms with Crippen LogP contribution in [0.2, 0.25) is 0 Å². The summed E-state index contributed by atoms with van der Waals surface area (Å²) in [7, 11) is -1.89. The number of amides is 3. The van der Waals surface area contributed by atoms with Crippen molar-refractivity contribution >= 4 is 30.5 Å². The van der Waals surface area contributed by atoms with E-state index >= 15 is 0 Å². The van der Waals surface area contributed by atoms with E-state index in [9.17, 15) is 24.4 Å². The number of nitriles is 1. The first-order valence-electron chi connectivity index (χ1n) is 10.1. The smallest absolute Gasteiger partial charge is 0.422 e. The van der Waals surface area contributed by atoms with Gasteiger partial charge in [-0.15, -0.1) is 0 Å². The zero-order valence-corrected chi connectivity index (χ0v) is 18.1. The maximum Gasteiger partial charge on any atom is 0.503 e. The molecule has 1 aromatic rings. The highest BCUT2D eigenvalue weighted by molar-refractivity contribution is 6.80. The van der Waals surface area contributed by atoms with Crippen LogP contribution in [0.3, 0.4) is 0 Å². The highest BCUT2D eigenvalue weighted by atomic mass is 16.4. The number of carbonyl (C=O) groups is 3. The Labute approximate surface area is 186 Å². The van der Waals surface area contributed by atoms with Crippen molar-refractivity contribution in [2.75, 3.05) is 6.54 Å². The van der Waals surface area contributed by atoms with Crippen LogP contribution >= 0.6 is 0 Å². The summed E-state index contributed by atoms with van der Waals surface area (Å²) in [5, 5.41) is 32.7. The minimum Gasteiger partial charge on any atom is -0.422 e. The van der Waals surface area contributed by atoms with Crippen LogP contribution in [0, 0.1) is 17.2 Å². The molecule has 0 saturated heterocycles. The van der Waals surface area contributed by atoms with E-state index < -0.39 is 30.9 Å². The summed E-state index contributed by atoms with van der Waals surface area (Å²) in [6.45, 7) is 7.24. The minimum atomic E-state index is -1.89. The normalized spacial score (nSPS) is 11.9. The van der Waals surface area contributed by atoms with Crippen LogP contribution in [0.5, 0.6) is 0 Å². The third kappa shape index (κ3) is 9.59. The lowest BCUT2D eigenvalue weighted by Gasteiger charge is -2.16. The van der Waals surface area contributed by atoms with Gasteiger partial charge in [-0.25, -0.2) is 9.98 Å². The lowest BCUT2D eigenvalue weighted by Crippen LogP contribution is -2.42. The molecule has 0 fully saturated rings. The summed E-state index contributed by atoms with van der Waals surface area (Å²) in [5.41, 5.74) is -0.281. The van der Waals surface area contributed by atoms with E-state index in [0.717, 1.165) is 0 Å². The second kappa shape index (κ2) is 13.8. The number of aliphatic imine (C=N–C) groups is 1. The molecule has 0 unspecified atom stereocenters. The Hall–Kier alpha value is -3.43. The Morgan fingerprint density at radius 1 is 1.28 bits per heavy atom. The highest BCUT2D eigenvalue weighted by Crippen LogP contribution is 2.08. The van der Waals surface area contributed by atoms with Crippen molar-refractivity contribution in [2.24, 2.45) is 10.9 Å². The number of nitrogens with one attached hydrogen (secondary N) is 2. The van der Waals surface area contributed by atoms with Gasteiger partial charge in [-0.05, 0) is 31.6 Å². The SMILES string of the molecule is C=C(C#N)C(=O)NCCCC[C@H](NC(=O)c1cnccn1)C(=O)/N=C(\CC(C)C)B(O)O. The number of rotatable bonds is 12. The Kier molecular flexibility index (Phi) is 11.5. The molecule has 0 aliphatic rings. The summed E-state index contributed by atoms with van der Waals surface area (Å²) in [6, 6.07) is 0.605. The molecule has 0 bridgehead atoms. The number of aromatic nitrogens is 2.